The number of likely N-dealkylation sites (tertiary alicyclic amines) is 1. The molecule has 2 N–H and O–H groups in total. The maximum Gasteiger partial charge on any atom is 0.409 e. The van der Waals surface area contributed by atoms with Gasteiger partial charge in [0.05, 0.1) is 18.1 Å². The van der Waals surface area contributed by atoms with Crippen molar-refractivity contribution in [3.8, 4) is 0 Å². The molecule has 0 atom stereocenters. The molecule has 1 aliphatic rings. The highest BCUT2D eigenvalue weighted by molar-refractivity contribution is 5.80. The fourth-order valence-electron chi connectivity index (χ4n) is 2.83. The first kappa shape index (κ1) is 21.2. The summed E-state index contributed by atoms with van der Waals surface area (Å²) in [7, 11) is 0. The molecule has 1 aliphatic heterocycles. The van der Waals surface area contributed by atoms with Gasteiger partial charge in [0.2, 0.25) is 0 Å². The number of nitrogens with one attached hydrogen (secondary N) is 2. The Morgan fingerprint density at radius 1 is 1.39 bits per heavy atom. The van der Waals surface area contributed by atoms with Crippen molar-refractivity contribution in [3.05, 3.63) is 52.6 Å². The summed E-state index contributed by atoms with van der Waals surface area (Å²) < 4.78 is 5.04. The van der Waals surface area contributed by atoms with E-state index >= 15 is 0 Å². The smallest absolute Gasteiger partial charge is 0.409 e. The van der Waals surface area contributed by atoms with Crippen LogP contribution >= 0.6 is 0 Å². The summed E-state index contributed by atoms with van der Waals surface area (Å²) in [5, 5.41) is 17.3. The average molecular weight is 389 g/mol. The predicted molar refractivity (Wildman–Crippen MR) is 107 cm³/mol. The van der Waals surface area contributed by atoms with Crippen molar-refractivity contribution in [3.63, 3.8) is 0 Å². The van der Waals surface area contributed by atoms with Gasteiger partial charge >= 0.3 is 6.09 Å². The van der Waals surface area contributed by atoms with Crippen LogP contribution < -0.4 is 10.6 Å². The maximum atomic E-state index is 11.8. The van der Waals surface area contributed by atoms with E-state index in [9.17, 15) is 14.9 Å². The van der Waals surface area contributed by atoms with Crippen molar-refractivity contribution in [2.24, 2.45) is 4.99 Å². The van der Waals surface area contributed by atoms with Gasteiger partial charge in [-0.3, -0.25) is 10.1 Å². The second-order valence-corrected chi connectivity index (χ2v) is 6.36. The minimum absolute atomic E-state index is 0.0595. The molecule has 9 heteroatoms. The fourth-order valence-corrected chi connectivity index (χ4v) is 2.83. The van der Waals surface area contributed by atoms with Crippen molar-refractivity contribution in [1.82, 2.24) is 15.5 Å². The van der Waals surface area contributed by atoms with Crippen LogP contribution in [-0.2, 0) is 11.3 Å². The number of rotatable bonds is 7. The normalized spacial score (nSPS) is 15.0. The molecule has 0 aliphatic carbocycles. The maximum absolute atomic E-state index is 11.8. The first-order chi connectivity index (χ1) is 13.5. The van der Waals surface area contributed by atoms with Gasteiger partial charge in [0.15, 0.2) is 5.96 Å². The average Bonchev–Trinajstić information content (AvgIpc) is 2.71. The van der Waals surface area contributed by atoms with E-state index in [4.69, 9.17) is 4.74 Å². The molecule has 1 fully saturated rings. The summed E-state index contributed by atoms with van der Waals surface area (Å²) in [6.07, 6.45) is 3.07. The molecule has 1 aromatic carbocycles. The van der Waals surface area contributed by atoms with E-state index in [0.717, 1.165) is 18.4 Å². The van der Waals surface area contributed by atoms with Gasteiger partial charge in [-0.15, -0.1) is 6.58 Å². The number of nitrogens with zero attached hydrogens (tertiary/aromatic N) is 3. The zero-order chi connectivity index (χ0) is 20.4. The van der Waals surface area contributed by atoms with E-state index in [1.165, 1.54) is 12.1 Å². The highest BCUT2D eigenvalue weighted by atomic mass is 16.6. The lowest BCUT2D eigenvalue weighted by atomic mass is 10.1. The zero-order valence-corrected chi connectivity index (χ0v) is 16.1. The third-order valence-corrected chi connectivity index (χ3v) is 4.34. The molecular formula is C19H27N5O4. The molecule has 1 amide bonds. The molecular weight excluding hydrogens is 362 g/mol. The molecule has 1 aromatic rings. The van der Waals surface area contributed by atoms with Crippen LogP contribution in [0.5, 0.6) is 0 Å². The number of amides is 1. The fraction of sp³-hybridized carbons (Fsp3) is 0.474. The van der Waals surface area contributed by atoms with Crippen molar-refractivity contribution in [2.45, 2.75) is 32.4 Å². The molecule has 152 valence electrons. The summed E-state index contributed by atoms with van der Waals surface area (Å²) in [5.74, 6) is 0.646. The summed E-state index contributed by atoms with van der Waals surface area (Å²) in [6.45, 7) is 8.10. The number of nitro benzene ring substituents is 1. The number of non-ortho nitro benzene ring substituents is 1. The molecule has 1 heterocycles. The predicted octanol–water partition coefficient (Wildman–Crippen LogP) is 2.44. The van der Waals surface area contributed by atoms with E-state index in [1.54, 1.807) is 30.0 Å². The SMILES string of the molecule is C=CCNC(=NCc1ccc([N+](=O)[O-])cc1)NC1CCN(C(=O)OCC)CC1. The van der Waals surface area contributed by atoms with Crippen LogP contribution in [0.25, 0.3) is 0 Å². The topological polar surface area (TPSA) is 109 Å². The van der Waals surface area contributed by atoms with Gasteiger partial charge < -0.3 is 20.3 Å². The molecule has 28 heavy (non-hydrogen) atoms. The van der Waals surface area contributed by atoms with Crippen molar-refractivity contribution >= 4 is 17.7 Å². The van der Waals surface area contributed by atoms with Gasteiger partial charge in [-0.2, -0.15) is 0 Å². The van der Waals surface area contributed by atoms with E-state index in [-0.39, 0.29) is 17.8 Å². The number of ether oxygens (including phenoxy) is 1. The standard InChI is InChI=1S/C19H27N5O4/c1-3-11-20-18(21-14-15-5-7-17(8-6-15)24(26)27)22-16-9-12-23(13-10-16)19(25)28-4-2/h3,5-8,16H,1,4,9-14H2,2H3,(H2,20,21,22). The Balaban J connectivity index is 1.92. The molecule has 2 rings (SSSR count). The monoisotopic (exact) mass is 389 g/mol. The van der Waals surface area contributed by atoms with Gasteiger partial charge in [-0.25, -0.2) is 9.79 Å². The Morgan fingerprint density at radius 3 is 2.64 bits per heavy atom. The molecule has 0 bridgehead atoms. The molecule has 0 unspecified atom stereocenters. The summed E-state index contributed by atoms with van der Waals surface area (Å²) >= 11 is 0. The molecule has 0 aromatic heterocycles. The molecule has 0 radical (unpaired) electrons. The number of aliphatic imine (C=N–C) groups is 1. The summed E-state index contributed by atoms with van der Waals surface area (Å²) in [5.41, 5.74) is 0.937. The lowest BCUT2D eigenvalue weighted by molar-refractivity contribution is -0.384. The number of carbonyl (C=O) groups is 1. The summed E-state index contributed by atoms with van der Waals surface area (Å²) in [4.78, 5) is 28.4. The quantitative estimate of drug-likeness (QED) is 0.244. The zero-order valence-electron chi connectivity index (χ0n) is 16.1. The van der Waals surface area contributed by atoms with Gasteiger partial charge in [-0.05, 0) is 25.3 Å². The Bertz CT molecular complexity index is 697. The molecule has 9 nitrogen and oxygen atoms in total. The van der Waals surface area contributed by atoms with Gasteiger partial charge in [-0.1, -0.05) is 18.2 Å². The Hall–Kier alpha value is -3.10. The Kier molecular flexibility index (Phi) is 8.26. The lowest BCUT2D eigenvalue weighted by Crippen LogP contribution is -2.49. The van der Waals surface area contributed by atoms with Crippen molar-refractivity contribution in [1.29, 1.82) is 0 Å². The number of carbonyl (C=O) groups excluding carboxylic acids is 1. The van der Waals surface area contributed by atoms with Crippen molar-refractivity contribution in [2.75, 3.05) is 26.2 Å². The van der Waals surface area contributed by atoms with Gasteiger partial charge in [0.1, 0.15) is 0 Å². The third-order valence-electron chi connectivity index (χ3n) is 4.34. The number of piperidine rings is 1. The second-order valence-electron chi connectivity index (χ2n) is 6.36. The highest BCUT2D eigenvalue weighted by Gasteiger charge is 2.24. The largest absolute Gasteiger partial charge is 0.450 e. The van der Waals surface area contributed by atoms with E-state index in [0.29, 0.717) is 38.7 Å². The van der Waals surface area contributed by atoms with E-state index in [1.807, 2.05) is 0 Å². The van der Waals surface area contributed by atoms with Crippen LogP contribution in [0.4, 0.5) is 10.5 Å². The molecule has 0 spiro atoms. The number of guanidine groups is 1. The second kappa shape index (κ2) is 10.9. The lowest BCUT2D eigenvalue weighted by Gasteiger charge is -2.32. The third kappa shape index (κ3) is 6.57. The number of benzene rings is 1. The number of hydrogen-bond donors (Lipinski definition) is 2. The summed E-state index contributed by atoms with van der Waals surface area (Å²) in [6, 6.07) is 6.54. The van der Waals surface area contributed by atoms with Crippen LogP contribution in [0.3, 0.4) is 0 Å². The van der Waals surface area contributed by atoms with Crippen molar-refractivity contribution < 1.29 is 14.5 Å². The number of nitro groups is 1. The van der Waals surface area contributed by atoms with Crippen LogP contribution in [0.1, 0.15) is 25.3 Å². The van der Waals surface area contributed by atoms with Gasteiger partial charge in [0, 0.05) is 37.8 Å². The first-order valence-corrected chi connectivity index (χ1v) is 9.34. The molecule has 1 saturated heterocycles. The number of hydrogen-bond acceptors (Lipinski definition) is 5. The van der Waals surface area contributed by atoms with Crippen LogP contribution in [0.15, 0.2) is 41.9 Å². The highest BCUT2D eigenvalue weighted by Crippen LogP contribution is 2.13. The Labute approximate surface area is 164 Å². The van der Waals surface area contributed by atoms with E-state index < -0.39 is 4.92 Å². The van der Waals surface area contributed by atoms with Crippen LogP contribution in [0.2, 0.25) is 0 Å². The molecule has 0 saturated carbocycles. The van der Waals surface area contributed by atoms with Crippen LogP contribution in [-0.4, -0.2) is 54.2 Å². The first-order valence-electron chi connectivity index (χ1n) is 9.34. The van der Waals surface area contributed by atoms with Crippen LogP contribution in [0, 0.1) is 10.1 Å². The van der Waals surface area contributed by atoms with Gasteiger partial charge in [0.25, 0.3) is 5.69 Å². The minimum atomic E-state index is -0.422. The van der Waals surface area contributed by atoms with E-state index in [2.05, 4.69) is 22.2 Å². The minimum Gasteiger partial charge on any atom is -0.450 e. The Morgan fingerprint density at radius 2 is 2.07 bits per heavy atom.